The Morgan fingerprint density at radius 1 is 0.667 bits per heavy atom. The number of aromatic nitrogens is 6. The highest BCUT2D eigenvalue weighted by Gasteiger charge is 2.32. The van der Waals surface area contributed by atoms with E-state index in [1.165, 1.54) is 22.7 Å². The van der Waals surface area contributed by atoms with Crippen LogP contribution in [-0.4, -0.2) is 85.0 Å². The summed E-state index contributed by atoms with van der Waals surface area (Å²) in [5, 5.41) is 33.6. The number of nitrogens with one attached hydrogen (secondary N) is 2. The van der Waals surface area contributed by atoms with E-state index in [1.807, 2.05) is 79.8 Å². The highest BCUT2D eigenvalue weighted by atomic mass is 32.1. The summed E-state index contributed by atoms with van der Waals surface area (Å²) >= 11 is 2.80. The minimum absolute atomic E-state index is 0.0234. The van der Waals surface area contributed by atoms with Crippen LogP contribution in [-0.2, 0) is 43.6 Å². The van der Waals surface area contributed by atoms with Gasteiger partial charge in [-0.3, -0.25) is 29.6 Å². The third-order valence-electron chi connectivity index (χ3n) is 13.9. The van der Waals surface area contributed by atoms with E-state index in [2.05, 4.69) is 42.9 Å². The maximum Gasteiger partial charge on any atom is 0.390 e. The van der Waals surface area contributed by atoms with Crippen molar-refractivity contribution in [1.82, 2.24) is 34.4 Å². The minimum Gasteiger partial charge on any atom is -0.307 e. The average molecular weight is 1140 g/mol. The number of fused-ring (bicyclic) bond motifs is 2. The van der Waals surface area contributed by atoms with Gasteiger partial charge in [-0.15, -0.1) is 22.7 Å². The molecular weight excluding hydrogens is 1090 g/mol. The number of likely N-dealkylation sites (N-methyl/N-ethyl adjacent to an activating group) is 1. The van der Waals surface area contributed by atoms with Crippen LogP contribution in [0.25, 0.3) is 22.3 Å². The van der Waals surface area contributed by atoms with Crippen molar-refractivity contribution in [1.29, 1.82) is 10.5 Å². The lowest BCUT2D eigenvalue weighted by atomic mass is 9.87. The van der Waals surface area contributed by atoms with E-state index in [4.69, 9.17) is 15.3 Å². The Labute approximate surface area is 471 Å². The van der Waals surface area contributed by atoms with Crippen LogP contribution >= 0.6 is 22.7 Å². The number of aryl methyl sites for hydroxylation is 2. The number of alkyl halides is 6. The van der Waals surface area contributed by atoms with Crippen LogP contribution in [0, 0.1) is 28.6 Å². The summed E-state index contributed by atoms with van der Waals surface area (Å²) in [6.07, 6.45) is 2.54. The number of hydrogen-bond acceptors (Lipinski definition) is 12. The fourth-order valence-electron chi connectivity index (χ4n) is 9.61. The summed E-state index contributed by atoms with van der Waals surface area (Å²) in [5.74, 6) is -0.311. The number of rotatable bonds is 16. The summed E-state index contributed by atoms with van der Waals surface area (Å²) in [4.78, 5) is 47.0. The van der Waals surface area contributed by atoms with Crippen molar-refractivity contribution in [3.63, 3.8) is 0 Å². The van der Waals surface area contributed by atoms with E-state index in [0.717, 1.165) is 73.8 Å². The van der Waals surface area contributed by atoms with Gasteiger partial charge in [0.15, 0.2) is 10.3 Å². The molecule has 0 bridgehead atoms. The SMILES string of the molecule is C=O.CN(CCC(F)(F)F)[C@H]1CCc2nc(NC(=O)c3cccc(Cn4cc(-c5ccc(C#N)cc5)cn4)c3)sc2C1.N#Cc1ccc(-c2cnn(Cc3cccc(C(=O)Nc4nc5c(s4)C[C@@H](CCCC(F)(F)F)CC5)c3)c2)cc1. The smallest absolute Gasteiger partial charge is 0.307 e. The Morgan fingerprint density at radius 3 is 1.60 bits per heavy atom. The van der Waals surface area contributed by atoms with Gasteiger partial charge in [-0.25, -0.2) is 9.97 Å². The van der Waals surface area contributed by atoms with Crippen molar-refractivity contribution >= 4 is 51.5 Å². The van der Waals surface area contributed by atoms with Crippen LogP contribution in [0.1, 0.15) is 103 Å². The molecular formula is C59H55F6N11O3S2. The number of nitrogens with zero attached hydrogens (tertiary/aromatic N) is 9. The molecule has 10 rings (SSSR count). The molecule has 2 atom stereocenters. The van der Waals surface area contributed by atoms with Crippen molar-refractivity contribution in [2.75, 3.05) is 24.2 Å². The van der Waals surface area contributed by atoms with Crippen molar-refractivity contribution in [2.24, 2.45) is 5.92 Å². The third-order valence-corrected chi connectivity index (χ3v) is 15.9. The normalized spacial score (nSPS) is 14.7. The van der Waals surface area contributed by atoms with Crippen LogP contribution in [0.5, 0.6) is 0 Å². The minimum atomic E-state index is -4.17. The first-order valence-electron chi connectivity index (χ1n) is 25.9. The molecule has 0 fully saturated rings. The Morgan fingerprint density at radius 2 is 1.14 bits per heavy atom. The average Bonchev–Trinajstić information content (AvgIpc) is 4.50. The number of benzene rings is 4. The number of hydrogen-bond donors (Lipinski definition) is 2. The van der Waals surface area contributed by atoms with Gasteiger partial charge >= 0.3 is 12.4 Å². The van der Waals surface area contributed by atoms with Crippen LogP contribution in [0.15, 0.2) is 122 Å². The second-order valence-electron chi connectivity index (χ2n) is 19.7. The molecule has 0 spiro atoms. The van der Waals surface area contributed by atoms with Crippen molar-refractivity contribution in [2.45, 2.75) is 95.7 Å². The second kappa shape index (κ2) is 26.8. The zero-order valence-corrected chi connectivity index (χ0v) is 45.6. The molecule has 14 nitrogen and oxygen atoms in total. The molecule has 22 heteroatoms. The first-order valence-corrected chi connectivity index (χ1v) is 27.5. The van der Waals surface area contributed by atoms with Gasteiger partial charge in [0.05, 0.1) is 66.6 Å². The third kappa shape index (κ3) is 16.6. The maximum atomic E-state index is 13.0. The predicted octanol–water partition coefficient (Wildman–Crippen LogP) is 12.8. The molecule has 8 aromatic rings. The molecule has 2 aliphatic carbocycles. The quantitative estimate of drug-likeness (QED) is 0.0881. The fraction of sp³-hybridized carbons (Fsp3) is 0.305. The largest absolute Gasteiger partial charge is 0.390 e. The monoisotopic (exact) mass is 1140 g/mol. The van der Waals surface area contributed by atoms with Crippen LogP contribution in [0.4, 0.5) is 36.6 Å². The summed E-state index contributed by atoms with van der Waals surface area (Å²) in [5.41, 5.74) is 9.66. The molecule has 4 aromatic heterocycles. The van der Waals surface area contributed by atoms with Crippen molar-refractivity contribution in [3.8, 4) is 34.4 Å². The standard InChI is InChI=1S/C29H27F3N6OS.C29H26F3N5OS.CH2O/c1-37(12-11-29(30,31)32)24-9-10-25-26(14-24)40-28(35-25)36-27(39)22-4-2-3-20(13-22)17-38-18-23(16-34-38)21-7-5-19(15-33)6-8-21;30-29(31,32)12-2-4-19-8-11-25-26(14-19)39-28(35-25)36-27(38)23-5-1-3-21(13-23)17-37-18-24(16-34-37)22-9-6-20(15-33)7-10-22;1-2/h2-8,13,16,18,24H,9-12,14,17H2,1H3,(H,35,36,39);1,3,5-7,9-10,13,16,18-19H,2,4,8,11-12,14,17H2,(H,35,36,38);1H2/t24-;19-;/m00./s1. The van der Waals surface area contributed by atoms with E-state index in [9.17, 15) is 35.9 Å². The van der Waals surface area contributed by atoms with Crippen LogP contribution in [0.2, 0.25) is 0 Å². The Balaban J connectivity index is 0.000000206. The number of thiazole rings is 2. The van der Waals surface area contributed by atoms with E-state index in [1.54, 1.807) is 70.1 Å². The summed E-state index contributed by atoms with van der Waals surface area (Å²) in [6.45, 7) is 2.93. The zero-order valence-electron chi connectivity index (χ0n) is 43.9. The molecule has 2 aliphatic rings. The maximum absolute atomic E-state index is 13.0. The van der Waals surface area contributed by atoms with Crippen molar-refractivity contribution in [3.05, 3.63) is 176 Å². The molecule has 4 aromatic carbocycles. The number of carbonyl (C=O) groups excluding carboxylic acids is 3. The molecule has 4 heterocycles. The topological polar surface area (TPSA) is 188 Å². The van der Waals surface area contributed by atoms with Gasteiger partial charge in [-0.05, 0) is 135 Å². The molecule has 0 unspecified atom stereocenters. The highest BCUT2D eigenvalue weighted by Crippen LogP contribution is 2.36. The first kappa shape index (κ1) is 58.8. The van der Waals surface area contributed by atoms with E-state index in [-0.39, 0.29) is 36.7 Å². The van der Waals surface area contributed by atoms with Gasteiger partial charge in [0, 0.05) is 63.4 Å². The molecule has 418 valence electrons. The Hall–Kier alpha value is -8.31. The summed E-state index contributed by atoms with van der Waals surface area (Å²) in [7, 11) is 1.73. The van der Waals surface area contributed by atoms with Crippen LogP contribution < -0.4 is 10.6 Å². The fourth-order valence-corrected chi connectivity index (χ4v) is 11.8. The van der Waals surface area contributed by atoms with Gasteiger partial charge in [-0.2, -0.15) is 47.1 Å². The second-order valence-corrected chi connectivity index (χ2v) is 21.8. The molecule has 2 N–H and O–H groups in total. The molecule has 0 saturated carbocycles. The lowest BCUT2D eigenvalue weighted by molar-refractivity contribution is -0.138. The molecule has 0 aliphatic heterocycles. The number of nitriles is 2. The van der Waals surface area contributed by atoms with Crippen LogP contribution in [0.3, 0.4) is 0 Å². The molecule has 0 radical (unpaired) electrons. The predicted molar refractivity (Wildman–Crippen MR) is 298 cm³/mol. The lowest BCUT2D eigenvalue weighted by Crippen LogP contribution is -2.38. The first-order chi connectivity index (χ1) is 38.9. The van der Waals surface area contributed by atoms with Gasteiger partial charge in [0.1, 0.15) is 6.79 Å². The number of amides is 2. The molecule has 0 saturated heterocycles. The van der Waals surface area contributed by atoms with E-state index >= 15 is 0 Å². The number of carbonyl (C=O) groups is 3. The Kier molecular flexibility index (Phi) is 19.4. The number of halogens is 6. The summed E-state index contributed by atoms with van der Waals surface area (Å²) in [6, 6.07) is 33.5. The molecule has 2 amide bonds. The molecule has 81 heavy (non-hydrogen) atoms. The lowest BCUT2D eigenvalue weighted by Gasteiger charge is -2.30. The highest BCUT2D eigenvalue weighted by molar-refractivity contribution is 7.16. The van der Waals surface area contributed by atoms with Crippen molar-refractivity contribution < 1.29 is 40.7 Å². The van der Waals surface area contributed by atoms with E-state index in [0.29, 0.717) is 71.3 Å². The zero-order chi connectivity index (χ0) is 57.7. The van der Waals surface area contributed by atoms with Gasteiger partial charge in [0.2, 0.25) is 0 Å². The van der Waals surface area contributed by atoms with Gasteiger partial charge in [-0.1, -0.05) is 48.5 Å². The Bertz CT molecular complexity index is 3520. The van der Waals surface area contributed by atoms with E-state index < -0.39 is 25.2 Å². The summed E-state index contributed by atoms with van der Waals surface area (Å²) < 4.78 is 78.9. The number of anilines is 2. The van der Waals surface area contributed by atoms with Gasteiger partial charge in [0.25, 0.3) is 11.8 Å². The van der Waals surface area contributed by atoms with Gasteiger partial charge < -0.3 is 9.69 Å².